The van der Waals surface area contributed by atoms with E-state index in [2.05, 4.69) is 20.3 Å². The zero-order valence-corrected chi connectivity index (χ0v) is 17.4. The van der Waals surface area contributed by atoms with Crippen LogP contribution in [0.15, 0.2) is 72.5 Å². The van der Waals surface area contributed by atoms with Crippen LogP contribution >= 0.6 is 36.2 Å². The summed E-state index contributed by atoms with van der Waals surface area (Å²) in [6.45, 7) is 1.96. The van der Waals surface area contributed by atoms with E-state index in [1.807, 2.05) is 60.8 Å². The van der Waals surface area contributed by atoms with Crippen LogP contribution in [-0.4, -0.2) is 15.0 Å². The van der Waals surface area contributed by atoms with Gasteiger partial charge in [-0.05, 0) is 31.2 Å². The van der Waals surface area contributed by atoms with Gasteiger partial charge in [0.15, 0.2) is 16.7 Å². The molecule has 4 aromatic rings. The Balaban J connectivity index is 0.00000140. The normalized spacial score (nSPS) is 9.75. The Bertz CT molecular complexity index is 1010. The first-order chi connectivity index (χ1) is 12.8. The van der Waals surface area contributed by atoms with E-state index in [-0.39, 0.29) is 24.8 Å². The number of halogens is 2. The van der Waals surface area contributed by atoms with E-state index in [0.29, 0.717) is 11.6 Å². The van der Waals surface area contributed by atoms with E-state index in [4.69, 9.17) is 4.74 Å². The van der Waals surface area contributed by atoms with Gasteiger partial charge in [0.1, 0.15) is 5.75 Å². The SMILES string of the molecule is Cc1csc(Nc2ncc(-c3cccnc3)cc2Oc2ccccc2)n1.Cl.Cl. The van der Waals surface area contributed by atoms with Crippen molar-refractivity contribution in [2.24, 2.45) is 0 Å². The summed E-state index contributed by atoms with van der Waals surface area (Å²) in [5.41, 5.74) is 2.88. The zero-order valence-electron chi connectivity index (χ0n) is 14.9. The second-order valence-corrected chi connectivity index (χ2v) is 6.50. The molecule has 144 valence electrons. The van der Waals surface area contributed by atoms with Crippen LogP contribution in [0.5, 0.6) is 11.5 Å². The average molecular weight is 433 g/mol. The molecule has 0 amide bonds. The van der Waals surface area contributed by atoms with Gasteiger partial charge < -0.3 is 10.1 Å². The lowest BCUT2D eigenvalue weighted by Crippen LogP contribution is -1.98. The van der Waals surface area contributed by atoms with Crippen LogP contribution in [0.1, 0.15) is 5.69 Å². The summed E-state index contributed by atoms with van der Waals surface area (Å²) in [6.07, 6.45) is 5.36. The smallest absolute Gasteiger partial charge is 0.188 e. The number of aryl methyl sites for hydroxylation is 1. The van der Waals surface area contributed by atoms with E-state index >= 15 is 0 Å². The fraction of sp³-hybridized carbons (Fsp3) is 0.0500. The number of aromatic nitrogens is 3. The topological polar surface area (TPSA) is 59.9 Å². The summed E-state index contributed by atoms with van der Waals surface area (Å²) in [5.74, 6) is 2.00. The molecule has 4 rings (SSSR count). The molecule has 0 saturated heterocycles. The molecule has 28 heavy (non-hydrogen) atoms. The monoisotopic (exact) mass is 432 g/mol. The number of thiazole rings is 1. The predicted molar refractivity (Wildman–Crippen MR) is 119 cm³/mol. The number of pyridine rings is 2. The van der Waals surface area contributed by atoms with Crippen LogP contribution in [0.25, 0.3) is 11.1 Å². The van der Waals surface area contributed by atoms with Crippen LogP contribution in [0.2, 0.25) is 0 Å². The third kappa shape index (κ3) is 5.19. The fourth-order valence-corrected chi connectivity index (χ4v) is 3.12. The largest absolute Gasteiger partial charge is 0.453 e. The summed E-state index contributed by atoms with van der Waals surface area (Å²) in [6, 6.07) is 15.5. The Kier molecular flexibility index (Phi) is 7.75. The van der Waals surface area contributed by atoms with Crippen LogP contribution in [0.4, 0.5) is 10.9 Å². The zero-order chi connectivity index (χ0) is 17.8. The Labute approximate surface area is 179 Å². The molecule has 3 aromatic heterocycles. The molecule has 0 atom stereocenters. The first-order valence-electron chi connectivity index (χ1n) is 8.10. The van der Waals surface area contributed by atoms with Gasteiger partial charge >= 0.3 is 0 Å². The molecule has 0 spiro atoms. The summed E-state index contributed by atoms with van der Waals surface area (Å²) in [5, 5.41) is 6.02. The summed E-state index contributed by atoms with van der Waals surface area (Å²) >= 11 is 1.53. The third-order valence-electron chi connectivity index (χ3n) is 3.66. The number of para-hydroxylation sites is 1. The molecule has 0 saturated carbocycles. The van der Waals surface area contributed by atoms with Crippen molar-refractivity contribution >= 4 is 47.1 Å². The van der Waals surface area contributed by atoms with Crippen molar-refractivity contribution in [3.05, 3.63) is 78.2 Å². The number of anilines is 2. The highest BCUT2D eigenvalue weighted by molar-refractivity contribution is 7.13. The number of ether oxygens (including phenoxy) is 1. The number of rotatable bonds is 5. The maximum atomic E-state index is 6.08. The summed E-state index contributed by atoms with van der Waals surface area (Å²) in [4.78, 5) is 13.2. The molecule has 0 radical (unpaired) electrons. The van der Waals surface area contributed by atoms with Crippen molar-refractivity contribution in [3.63, 3.8) is 0 Å². The van der Waals surface area contributed by atoms with Gasteiger partial charge in [-0.3, -0.25) is 4.98 Å². The Morgan fingerprint density at radius 2 is 1.79 bits per heavy atom. The van der Waals surface area contributed by atoms with Gasteiger partial charge in [-0.1, -0.05) is 24.3 Å². The molecular weight excluding hydrogens is 415 g/mol. The minimum atomic E-state index is 0. The van der Waals surface area contributed by atoms with Gasteiger partial charge in [0.05, 0.1) is 5.69 Å². The summed E-state index contributed by atoms with van der Waals surface area (Å²) < 4.78 is 6.08. The van der Waals surface area contributed by atoms with E-state index in [1.54, 1.807) is 18.6 Å². The highest BCUT2D eigenvalue weighted by atomic mass is 35.5. The molecule has 1 N–H and O–H groups in total. The second kappa shape index (κ2) is 10.0. The number of nitrogens with one attached hydrogen (secondary N) is 1. The first kappa shape index (κ1) is 21.6. The van der Waals surface area contributed by atoms with Crippen molar-refractivity contribution in [2.45, 2.75) is 6.92 Å². The van der Waals surface area contributed by atoms with Crippen LogP contribution < -0.4 is 10.1 Å². The molecule has 3 heterocycles. The highest BCUT2D eigenvalue weighted by Crippen LogP contribution is 2.34. The molecule has 0 fully saturated rings. The molecule has 0 aliphatic carbocycles. The molecule has 0 aliphatic rings. The maximum Gasteiger partial charge on any atom is 0.188 e. The average Bonchev–Trinajstić information content (AvgIpc) is 3.09. The lowest BCUT2D eigenvalue weighted by Gasteiger charge is -2.12. The van der Waals surface area contributed by atoms with E-state index in [9.17, 15) is 0 Å². The minimum absolute atomic E-state index is 0. The fourth-order valence-electron chi connectivity index (χ4n) is 2.44. The Morgan fingerprint density at radius 1 is 0.964 bits per heavy atom. The van der Waals surface area contributed by atoms with Crippen molar-refractivity contribution < 1.29 is 4.74 Å². The Morgan fingerprint density at radius 3 is 2.46 bits per heavy atom. The standard InChI is InChI=1S/C20H16N4OS.2ClH/c1-14-13-26-20(23-14)24-19-18(25-17-7-3-2-4-8-17)10-16(12-22-19)15-6-5-9-21-11-15;;/h2-13H,1H3,(H,22,23,24);2*1H. The van der Waals surface area contributed by atoms with E-state index < -0.39 is 0 Å². The number of nitrogens with zero attached hydrogens (tertiary/aromatic N) is 3. The summed E-state index contributed by atoms with van der Waals surface area (Å²) in [7, 11) is 0. The van der Waals surface area contributed by atoms with Gasteiger partial charge in [0, 0.05) is 35.1 Å². The molecular formula is C20H18Cl2N4OS. The van der Waals surface area contributed by atoms with Crippen molar-refractivity contribution in [3.8, 4) is 22.6 Å². The first-order valence-corrected chi connectivity index (χ1v) is 8.98. The van der Waals surface area contributed by atoms with Gasteiger partial charge in [0.2, 0.25) is 0 Å². The minimum Gasteiger partial charge on any atom is -0.453 e. The van der Waals surface area contributed by atoms with Crippen molar-refractivity contribution in [1.29, 1.82) is 0 Å². The lowest BCUT2D eigenvalue weighted by atomic mass is 10.1. The predicted octanol–water partition coefficient (Wildman–Crippen LogP) is 6.29. The van der Waals surface area contributed by atoms with Crippen molar-refractivity contribution in [2.75, 3.05) is 5.32 Å². The number of hydrogen-bond donors (Lipinski definition) is 1. The molecule has 0 bridgehead atoms. The van der Waals surface area contributed by atoms with Crippen molar-refractivity contribution in [1.82, 2.24) is 15.0 Å². The Hall–Kier alpha value is -2.67. The second-order valence-electron chi connectivity index (χ2n) is 5.65. The molecule has 0 aliphatic heterocycles. The van der Waals surface area contributed by atoms with E-state index in [1.165, 1.54) is 11.3 Å². The highest BCUT2D eigenvalue weighted by Gasteiger charge is 2.12. The maximum absolute atomic E-state index is 6.08. The number of benzene rings is 1. The van der Waals surface area contributed by atoms with E-state index in [0.717, 1.165) is 27.7 Å². The molecule has 5 nitrogen and oxygen atoms in total. The lowest BCUT2D eigenvalue weighted by molar-refractivity contribution is 0.483. The molecule has 0 unspecified atom stereocenters. The molecule has 1 aromatic carbocycles. The van der Waals surface area contributed by atoms with Gasteiger partial charge in [-0.25, -0.2) is 9.97 Å². The third-order valence-corrected chi connectivity index (χ3v) is 4.54. The number of hydrogen-bond acceptors (Lipinski definition) is 6. The van der Waals surface area contributed by atoms with Gasteiger partial charge in [0.25, 0.3) is 0 Å². The van der Waals surface area contributed by atoms with Gasteiger partial charge in [-0.2, -0.15) is 0 Å². The van der Waals surface area contributed by atoms with Crippen LogP contribution in [0.3, 0.4) is 0 Å². The van der Waals surface area contributed by atoms with Crippen LogP contribution in [0, 0.1) is 6.92 Å². The van der Waals surface area contributed by atoms with Crippen LogP contribution in [-0.2, 0) is 0 Å². The van der Waals surface area contributed by atoms with Gasteiger partial charge in [-0.15, -0.1) is 36.2 Å². The quantitative estimate of drug-likeness (QED) is 0.401. The molecule has 8 heteroatoms.